The van der Waals surface area contributed by atoms with Gasteiger partial charge >= 0.3 is 6.03 Å². The van der Waals surface area contributed by atoms with Gasteiger partial charge in [0.05, 0.1) is 24.8 Å². The minimum absolute atomic E-state index is 0.111. The number of ketones is 2. The molecule has 1 aromatic rings. The third-order valence-corrected chi connectivity index (χ3v) is 8.69. The minimum Gasteiger partial charge on any atom is -0.496 e. The Bertz CT molecular complexity index is 1350. The Hall–Kier alpha value is -4.22. The maximum atomic E-state index is 14.4. The van der Waals surface area contributed by atoms with Crippen LogP contribution in [0.4, 0.5) is 4.79 Å². The highest BCUT2D eigenvalue weighted by Gasteiger charge is 2.47. The first-order valence-corrected chi connectivity index (χ1v) is 17.3. The van der Waals surface area contributed by atoms with Gasteiger partial charge in [0.15, 0.2) is 5.78 Å². The van der Waals surface area contributed by atoms with Crippen LogP contribution < -0.4 is 26.0 Å². The Kier molecular flexibility index (Phi) is 15.5. The lowest BCUT2D eigenvalue weighted by molar-refractivity contribution is -0.144. The van der Waals surface area contributed by atoms with Gasteiger partial charge in [0, 0.05) is 13.1 Å². The minimum atomic E-state index is -1.06. The molecule has 2 rings (SSSR count). The van der Waals surface area contributed by atoms with Crippen molar-refractivity contribution in [2.45, 2.75) is 105 Å². The van der Waals surface area contributed by atoms with Crippen LogP contribution in [0.2, 0.25) is 0 Å². The first-order valence-electron chi connectivity index (χ1n) is 17.3. The Balaban J connectivity index is 2.37. The topological polar surface area (TPSA) is 163 Å². The number of benzene rings is 1. The van der Waals surface area contributed by atoms with Crippen LogP contribution >= 0.6 is 0 Å². The van der Waals surface area contributed by atoms with E-state index in [2.05, 4.69) is 27.8 Å². The Morgan fingerprint density at radius 2 is 1.67 bits per heavy atom. The number of amides is 5. The van der Waals surface area contributed by atoms with E-state index < -0.39 is 59.1 Å². The molecule has 0 spiro atoms. The predicted molar refractivity (Wildman–Crippen MR) is 189 cm³/mol. The molecular formula is C37H57N5O7. The molecule has 0 radical (unpaired) electrons. The van der Waals surface area contributed by atoms with Crippen LogP contribution in [-0.2, 0) is 19.2 Å². The van der Waals surface area contributed by atoms with E-state index in [9.17, 15) is 28.8 Å². The summed E-state index contributed by atoms with van der Waals surface area (Å²) in [6, 6.07) is 2.13. The van der Waals surface area contributed by atoms with Crippen molar-refractivity contribution in [1.29, 1.82) is 0 Å². The smallest absolute Gasteiger partial charge is 0.316 e. The number of hydrogen-bond donors (Lipinski definition) is 4. The molecule has 1 aliphatic rings. The second-order valence-corrected chi connectivity index (χ2v) is 14.6. The summed E-state index contributed by atoms with van der Waals surface area (Å²) in [5.74, 6) is -2.75. The molecule has 49 heavy (non-hydrogen) atoms. The average Bonchev–Trinajstić information content (AvgIpc) is 3.45. The van der Waals surface area contributed by atoms with Gasteiger partial charge in [0.1, 0.15) is 17.8 Å². The Morgan fingerprint density at radius 3 is 2.22 bits per heavy atom. The summed E-state index contributed by atoms with van der Waals surface area (Å²) in [5.41, 5.74) is -0.456. The second kappa shape index (κ2) is 18.5. The third-order valence-electron chi connectivity index (χ3n) is 8.69. The van der Waals surface area contributed by atoms with Gasteiger partial charge in [-0.15, -0.1) is 6.58 Å². The zero-order valence-corrected chi connectivity index (χ0v) is 30.7. The van der Waals surface area contributed by atoms with E-state index in [1.54, 1.807) is 24.3 Å². The monoisotopic (exact) mass is 683 g/mol. The summed E-state index contributed by atoms with van der Waals surface area (Å²) in [7, 11) is 1.47. The molecule has 0 bridgehead atoms. The molecule has 1 fully saturated rings. The van der Waals surface area contributed by atoms with E-state index in [1.807, 2.05) is 55.4 Å². The van der Waals surface area contributed by atoms with Crippen molar-refractivity contribution in [1.82, 2.24) is 26.2 Å². The van der Waals surface area contributed by atoms with Crippen LogP contribution in [-0.4, -0.2) is 84.6 Å². The quantitative estimate of drug-likeness (QED) is 0.109. The molecule has 1 aromatic carbocycles. The number of nitrogens with one attached hydrogen (secondary N) is 4. The van der Waals surface area contributed by atoms with Gasteiger partial charge in [-0.05, 0) is 54.6 Å². The average molecular weight is 684 g/mol. The molecule has 0 aromatic heterocycles. The fraction of sp³-hybridized carbons (Fsp3) is 0.622. The zero-order chi connectivity index (χ0) is 37.1. The van der Waals surface area contributed by atoms with Gasteiger partial charge in [-0.25, -0.2) is 4.79 Å². The van der Waals surface area contributed by atoms with Crippen LogP contribution in [0.5, 0.6) is 5.75 Å². The lowest BCUT2D eigenvalue weighted by Gasteiger charge is -2.37. The van der Waals surface area contributed by atoms with Crippen LogP contribution in [0.3, 0.4) is 0 Å². The summed E-state index contributed by atoms with van der Waals surface area (Å²) in [5, 5.41) is 10.8. The molecule has 0 saturated carbocycles. The number of para-hydroxylation sites is 1. The zero-order valence-electron chi connectivity index (χ0n) is 30.7. The number of rotatable bonds is 17. The number of methoxy groups -OCH3 is 1. The van der Waals surface area contributed by atoms with Gasteiger partial charge in [0.2, 0.25) is 17.6 Å². The van der Waals surface area contributed by atoms with Crippen molar-refractivity contribution in [2.75, 3.05) is 20.2 Å². The molecule has 4 N–H and O–H groups in total. The van der Waals surface area contributed by atoms with Gasteiger partial charge in [-0.2, -0.15) is 0 Å². The van der Waals surface area contributed by atoms with E-state index in [0.717, 1.165) is 0 Å². The predicted octanol–water partition coefficient (Wildman–Crippen LogP) is 4.04. The Morgan fingerprint density at radius 1 is 1.02 bits per heavy atom. The summed E-state index contributed by atoms with van der Waals surface area (Å²) in [6.45, 7) is 18.9. The Labute approximate surface area is 291 Å². The number of urea groups is 1. The van der Waals surface area contributed by atoms with Crippen molar-refractivity contribution >= 4 is 35.3 Å². The SMILES string of the molecule is C=CCNC(=O)C(=O)C(CCC)NC(=O)[C@@H]1[C@@H](CC(C)C)CCN1C(=O)[C@@H](NC(=O)N[C@H](C(=O)c1ccccc1OC)C(C)C)C(C)(C)C. The molecule has 12 heteroatoms. The molecule has 1 saturated heterocycles. The number of nitrogens with zero attached hydrogens (tertiary/aromatic N) is 1. The van der Waals surface area contributed by atoms with Crippen molar-refractivity contribution in [3.8, 4) is 5.75 Å². The lowest BCUT2D eigenvalue weighted by atomic mass is 9.85. The largest absolute Gasteiger partial charge is 0.496 e. The third kappa shape index (κ3) is 11.2. The molecule has 12 nitrogen and oxygen atoms in total. The van der Waals surface area contributed by atoms with E-state index >= 15 is 0 Å². The fourth-order valence-electron chi connectivity index (χ4n) is 6.22. The second-order valence-electron chi connectivity index (χ2n) is 14.6. The lowest BCUT2D eigenvalue weighted by Crippen LogP contribution is -2.61. The summed E-state index contributed by atoms with van der Waals surface area (Å²) in [4.78, 5) is 82.5. The molecule has 5 amide bonds. The van der Waals surface area contributed by atoms with Crippen LogP contribution in [0.25, 0.3) is 0 Å². The van der Waals surface area contributed by atoms with Crippen molar-refractivity contribution in [3.05, 3.63) is 42.5 Å². The highest BCUT2D eigenvalue weighted by molar-refractivity contribution is 6.38. The summed E-state index contributed by atoms with van der Waals surface area (Å²) < 4.78 is 5.36. The molecule has 1 unspecified atom stereocenters. The molecule has 1 aliphatic heterocycles. The number of Topliss-reactive ketones (excluding diaryl/α,β-unsaturated/α-hetero) is 2. The molecule has 1 heterocycles. The van der Waals surface area contributed by atoms with Crippen molar-refractivity contribution in [2.24, 2.45) is 23.2 Å². The molecule has 5 atom stereocenters. The van der Waals surface area contributed by atoms with Gasteiger partial charge in [0.25, 0.3) is 5.91 Å². The standard InChI is InChI=1S/C37H57N5O7/c1-11-15-26(31(44)34(46)38-19-12-2)39-33(45)29-24(21-22(3)4)18-20-42(29)35(47)32(37(7,8)9)41-36(48)40-28(23(5)6)30(43)25-16-13-14-17-27(25)49-10/h12-14,16-17,22-24,26,28-29,32H,2,11,15,18-21H2,1,3-10H3,(H,38,46)(H,39,45)(H2,40,41,48)/t24-,26?,28+,29+,32-/m1/s1. The number of carbonyl (C=O) groups excluding carboxylic acids is 6. The van der Waals surface area contributed by atoms with E-state index in [4.69, 9.17) is 4.74 Å². The summed E-state index contributed by atoms with van der Waals surface area (Å²) >= 11 is 0. The first kappa shape index (κ1) is 41.0. The van der Waals surface area contributed by atoms with Crippen LogP contribution in [0.1, 0.15) is 91.4 Å². The van der Waals surface area contributed by atoms with Crippen molar-refractivity contribution < 1.29 is 33.5 Å². The summed E-state index contributed by atoms with van der Waals surface area (Å²) in [6.07, 6.45) is 3.45. The molecular weight excluding hydrogens is 626 g/mol. The number of carbonyl (C=O) groups is 6. The van der Waals surface area contributed by atoms with Crippen molar-refractivity contribution in [3.63, 3.8) is 0 Å². The fourth-order valence-corrected chi connectivity index (χ4v) is 6.22. The van der Waals surface area contributed by atoms with Gasteiger partial charge in [-0.1, -0.05) is 80.0 Å². The van der Waals surface area contributed by atoms with Crippen LogP contribution in [0.15, 0.2) is 36.9 Å². The maximum Gasteiger partial charge on any atom is 0.316 e. The number of likely N-dealkylation sites (tertiary alicyclic amines) is 1. The highest BCUT2D eigenvalue weighted by atomic mass is 16.5. The van der Waals surface area contributed by atoms with Crippen LogP contribution in [0, 0.1) is 23.2 Å². The number of hydrogen-bond acceptors (Lipinski definition) is 7. The molecule has 0 aliphatic carbocycles. The van der Waals surface area contributed by atoms with E-state index in [1.165, 1.54) is 18.1 Å². The van der Waals surface area contributed by atoms with Gasteiger partial charge in [-0.3, -0.25) is 24.0 Å². The highest BCUT2D eigenvalue weighted by Crippen LogP contribution is 2.33. The van der Waals surface area contributed by atoms with E-state index in [-0.39, 0.29) is 43.0 Å². The van der Waals surface area contributed by atoms with E-state index in [0.29, 0.717) is 30.6 Å². The normalized spacial score (nSPS) is 17.9. The first-order chi connectivity index (χ1) is 23.0. The van der Waals surface area contributed by atoms with Gasteiger partial charge < -0.3 is 30.9 Å². The number of ether oxygens (including phenoxy) is 1. The molecule has 272 valence electrons. The maximum absolute atomic E-state index is 14.4.